The van der Waals surface area contributed by atoms with Crippen LogP contribution in [0.3, 0.4) is 0 Å². The molecule has 116 valence electrons. The van der Waals surface area contributed by atoms with E-state index in [1.54, 1.807) is 35.8 Å². The second-order valence-corrected chi connectivity index (χ2v) is 6.03. The number of carbonyl (C=O) groups is 1. The molecule has 1 aliphatic heterocycles. The molecule has 1 aromatic carbocycles. The van der Waals surface area contributed by atoms with E-state index in [1.165, 1.54) is 0 Å². The SMILES string of the molecule is O=C(NCc1cc(-c2ccco2)cs1)c1ccc2c(c1)OCO2. The van der Waals surface area contributed by atoms with Gasteiger partial charge >= 0.3 is 0 Å². The molecule has 6 heteroatoms. The molecule has 0 atom stereocenters. The number of benzene rings is 1. The number of fused-ring (bicyclic) bond motifs is 1. The molecule has 2 aromatic heterocycles. The van der Waals surface area contributed by atoms with Gasteiger partial charge in [-0.1, -0.05) is 0 Å². The van der Waals surface area contributed by atoms with Crippen molar-refractivity contribution in [3.05, 3.63) is 58.5 Å². The van der Waals surface area contributed by atoms with Crippen molar-refractivity contribution in [2.45, 2.75) is 6.54 Å². The number of amides is 1. The van der Waals surface area contributed by atoms with Crippen LogP contribution in [-0.4, -0.2) is 12.7 Å². The van der Waals surface area contributed by atoms with E-state index in [0.29, 0.717) is 23.6 Å². The Bertz CT molecular complexity index is 838. The van der Waals surface area contributed by atoms with Crippen LogP contribution in [-0.2, 0) is 6.54 Å². The van der Waals surface area contributed by atoms with Gasteiger partial charge in [0.05, 0.1) is 12.8 Å². The highest BCUT2D eigenvalue weighted by Crippen LogP contribution is 2.32. The van der Waals surface area contributed by atoms with Gasteiger partial charge in [-0.15, -0.1) is 11.3 Å². The molecule has 0 aliphatic carbocycles. The van der Waals surface area contributed by atoms with Crippen molar-refractivity contribution in [1.29, 1.82) is 0 Å². The molecule has 0 unspecified atom stereocenters. The number of ether oxygens (including phenoxy) is 2. The highest BCUT2D eigenvalue weighted by atomic mass is 32.1. The van der Waals surface area contributed by atoms with Gasteiger partial charge in [0.1, 0.15) is 5.76 Å². The summed E-state index contributed by atoms with van der Waals surface area (Å²) in [7, 11) is 0. The van der Waals surface area contributed by atoms with Crippen LogP contribution < -0.4 is 14.8 Å². The summed E-state index contributed by atoms with van der Waals surface area (Å²) in [5.74, 6) is 1.96. The van der Waals surface area contributed by atoms with E-state index < -0.39 is 0 Å². The van der Waals surface area contributed by atoms with Crippen LogP contribution in [0.2, 0.25) is 0 Å². The summed E-state index contributed by atoms with van der Waals surface area (Å²) in [5.41, 5.74) is 1.57. The minimum Gasteiger partial charge on any atom is -0.464 e. The molecule has 0 saturated carbocycles. The molecule has 0 spiro atoms. The first-order chi connectivity index (χ1) is 11.3. The Morgan fingerprint density at radius 3 is 2.96 bits per heavy atom. The molecule has 3 heterocycles. The number of thiophene rings is 1. The Balaban J connectivity index is 1.42. The predicted octanol–water partition coefficient (Wildman–Crippen LogP) is 3.67. The van der Waals surface area contributed by atoms with E-state index in [2.05, 4.69) is 5.32 Å². The smallest absolute Gasteiger partial charge is 0.251 e. The number of furan rings is 1. The van der Waals surface area contributed by atoms with Crippen molar-refractivity contribution in [2.75, 3.05) is 6.79 Å². The standard InChI is InChI=1S/C17H13NO4S/c19-17(11-3-4-15-16(7-11)22-10-21-15)18-8-13-6-12(9-23-13)14-2-1-5-20-14/h1-7,9H,8,10H2,(H,18,19). The highest BCUT2D eigenvalue weighted by molar-refractivity contribution is 7.10. The third-order valence-corrected chi connectivity index (χ3v) is 4.45. The molecular weight excluding hydrogens is 314 g/mol. The first-order valence-electron chi connectivity index (χ1n) is 7.09. The van der Waals surface area contributed by atoms with Gasteiger partial charge in [-0.05, 0) is 36.4 Å². The molecule has 1 aliphatic rings. The third-order valence-electron chi connectivity index (χ3n) is 3.52. The molecule has 3 aromatic rings. The summed E-state index contributed by atoms with van der Waals surface area (Å²) in [5, 5.41) is 4.92. The fourth-order valence-corrected chi connectivity index (χ4v) is 3.17. The third kappa shape index (κ3) is 2.80. The first-order valence-corrected chi connectivity index (χ1v) is 7.97. The van der Waals surface area contributed by atoms with Crippen LogP contribution in [0.1, 0.15) is 15.2 Å². The molecule has 0 saturated heterocycles. The second kappa shape index (κ2) is 5.81. The Labute approximate surface area is 136 Å². The van der Waals surface area contributed by atoms with Crippen LogP contribution >= 0.6 is 11.3 Å². The van der Waals surface area contributed by atoms with E-state index in [-0.39, 0.29) is 12.7 Å². The lowest BCUT2D eigenvalue weighted by Crippen LogP contribution is -2.22. The lowest BCUT2D eigenvalue weighted by atomic mass is 10.2. The Kier molecular flexibility index (Phi) is 3.51. The van der Waals surface area contributed by atoms with Crippen LogP contribution in [0.4, 0.5) is 0 Å². The van der Waals surface area contributed by atoms with Crippen molar-refractivity contribution < 1.29 is 18.7 Å². The lowest BCUT2D eigenvalue weighted by molar-refractivity contribution is 0.0951. The number of nitrogens with one attached hydrogen (secondary N) is 1. The van der Waals surface area contributed by atoms with Gasteiger partial charge in [0.25, 0.3) is 5.91 Å². The monoisotopic (exact) mass is 327 g/mol. The minimum atomic E-state index is -0.142. The Morgan fingerprint density at radius 2 is 2.09 bits per heavy atom. The van der Waals surface area contributed by atoms with Crippen LogP contribution in [0, 0.1) is 0 Å². The van der Waals surface area contributed by atoms with Crippen molar-refractivity contribution in [3.8, 4) is 22.8 Å². The average molecular weight is 327 g/mol. The zero-order valence-corrected chi connectivity index (χ0v) is 12.9. The Hall–Kier alpha value is -2.73. The van der Waals surface area contributed by atoms with Gasteiger partial charge in [0, 0.05) is 21.4 Å². The molecular formula is C17H13NO4S. The summed E-state index contributed by atoms with van der Waals surface area (Å²) >= 11 is 1.59. The Morgan fingerprint density at radius 1 is 1.17 bits per heavy atom. The van der Waals surface area contributed by atoms with Gasteiger partial charge in [-0.25, -0.2) is 0 Å². The van der Waals surface area contributed by atoms with E-state index in [0.717, 1.165) is 16.2 Å². The predicted molar refractivity (Wildman–Crippen MR) is 85.8 cm³/mol. The molecule has 0 fully saturated rings. The second-order valence-electron chi connectivity index (χ2n) is 5.03. The largest absolute Gasteiger partial charge is 0.464 e. The summed E-state index contributed by atoms with van der Waals surface area (Å²) in [4.78, 5) is 13.3. The summed E-state index contributed by atoms with van der Waals surface area (Å²) in [6.45, 7) is 0.670. The van der Waals surface area contributed by atoms with Crippen LogP contribution in [0.15, 0.2) is 52.5 Å². The van der Waals surface area contributed by atoms with Crippen molar-refractivity contribution >= 4 is 17.2 Å². The maximum atomic E-state index is 12.2. The van der Waals surface area contributed by atoms with E-state index in [1.807, 2.05) is 23.6 Å². The molecule has 1 N–H and O–H groups in total. The quantitative estimate of drug-likeness (QED) is 0.794. The van der Waals surface area contributed by atoms with E-state index in [9.17, 15) is 4.79 Å². The van der Waals surface area contributed by atoms with E-state index >= 15 is 0 Å². The molecule has 0 radical (unpaired) electrons. The average Bonchev–Trinajstić information content (AvgIpc) is 3.32. The van der Waals surface area contributed by atoms with Gasteiger partial charge < -0.3 is 19.2 Å². The van der Waals surface area contributed by atoms with Crippen LogP contribution in [0.5, 0.6) is 11.5 Å². The fraction of sp³-hybridized carbons (Fsp3) is 0.118. The maximum absolute atomic E-state index is 12.2. The van der Waals surface area contributed by atoms with Crippen molar-refractivity contribution in [1.82, 2.24) is 5.32 Å². The first kappa shape index (κ1) is 13.9. The summed E-state index contributed by atoms with van der Waals surface area (Å²) in [6.07, 6.45) is 1.65. The number of hydrogen-bond donors (Lipinski definition) is 1. The molecule has 5 nitrogen and oxygen atoms in total. The topological polar surface area (TPSA) is 60.7 Å². The highest BCUT2D eigenvalue weighted by Gasteiger charge is 2.16. The van der Waals surface area contributed by atoms with Gasteiger partial charge in [-0.3, -0.25) is 4.79 Å². The van der Waals surface area contributed by atoms with Crippen LogP contribution in [0.25, 0.3) is 11.3 Å². The lowest BCUT2D eigenvalue weighted by Gasteiger charge is -2.04. The maximum Gasteiger partial charge on any atom is 0.251 e. The van der Waals surface area contributed by atoms with Gasteiger partial charge in [-0.2, -0.15) is 0 Å². The van der Waals surface area contributed by atoms with Gasteiger partial charge in [0.15, 0.2) is 11.5 Å². The normalized spacial score (nSPS) is 12.3. The summed E-state index contributed by atoms with van der Waals surface area (Å²) < 4.78 is 15.9. The number of hydrogen-bond acceptors (Lipinski definition) is 5. The van der Waals surface area contributed by atoms with E-state index in [4.69, 9.17) is 13.9 Å². The molecule has 1 amide bonds. The van der Waals surface area contributed by atoms with Crippen molar-refractivity contribution in [3.63, 3.8) is 0 Å². The fourth-order valence-electron chi connectivity index (χ4n) is 2.35. The number of rotatable bonds is 4. The summed E-state index contributed by atoms with van der Waals surface area (Å²) in [6, 6.07) is 11.0. The molecule has 23 heavy (non-hydrogen) atoms. The van der Waals surface area contributed by atoms with Gasteiger partial charge in [0.2, 0.25) is 6.79 Å². The molecule has 4 rings (SSSR count). The minimum absolute atomic E-state index is 0.142. The molecule has 0 bridgehead atoms. The zero-order valence-electron chi connectivity index (χ0n) is 12.1. The zero-order chi connectivity index (χ0) is 15.6. The number of carbonyl (C=O) groups excluding carboxylic acids is 1. The van der Waals surface area contributed by atoms with Crippen molar-refractivity contribution in [2.24, 2.45) is 0 Å².